The van der Waals surface area contributed by atoms with Crippen molar-refractivity contribution in [2.75, 3.05) is 40.3 Å². The highest BCUT2D eigenvalue weighted by Crippen LogP contribution is 2.15. The van der Waals surface area contributed by atoms with Crippen LogP contribution in [-0.4, -0.2) is 51.1 Å². The van der Waals surface area contributed by atoms with Crippen molar-refractivity contribution in [1.29, 1.82) is 0 Å². The maximum atomic E-state index is 11.6. The van der Waals surface area contributed by atoms with Crippen LogP contribution in [0.1, 0.15) is 26.7 Å². The van der Waals surface area contributed by atoms with Crippen LogP contribution in [0, 0.1) is 5.92 Å². The first-order valence-corrected chi connectivity index (χ1v) is 6.35. The third-order valence-electron chi connectivity index (χ3n) is 2.76. The van der Waals surface area contributed by atoms with Gasteiger partial charge in [-0.15, -0.1) is 0 Å². The van der Waals surface area contributed by atoms with Crippen LogP contribution in [-0.2, 0) is 4.79 Å². The molecule has 0 aliphatic carbocycles. The van der Waals surface area contributed by atoms with Crippen molar-refractivity contribution in [3.8, 4) is 0 Å². The van der Waals surface area contributed by atoms with E-state index >= 15 is 0 Å². The van der Waals surface area contributed by atoms with Gasteiger partial charge >= 0.3 is 0 Å². The van der Waals surface area contributed by atoms with Gasteiger partial charge in [-0.2, -0.15) is 0 Å². The van der Waals surface area contributed by atoms with E-state index in [1.54, 1.807) is 0 Å². The van der Waals surface area contributed by atoms with Crippen LogP contribution in [0.25, 0.3) is 0 Å². The van der Waals surface area contributed by atoms with Crippen molar-refractivity contribution < 1.29 is 4.79 Å². The van der Waals surface area contributed by atoms with Crippen molar-refractivity contribution in [1.82, 2.24) is 15.5 Å². The normalized spacial score (nSPS) is 17.5. The van der Waals surface area contributed by atoms with Crippen molar-refractivity contribution in [2.24, 2.45) is 5.92 Å². The molecule has 0 bridgehead atoms. The number of hydrogen-bond donors (Lipinski definition) is 2. The zero-order valence-electron chi connectivity index (χ0n) is 11.2. The summed E-state index contributed by atoms with van der Waals surface area (Å²) in [6.07, 6.45) is 2.00. The molecule has 0 aromatic rings. The molecule has 4 heteroatoms. The largest absolute Gasteiger partial charge is 0.355 e. The number of nitrogens with zero attached hydrogens (tertiary/aromatic N) is 1. The van der Waals surface area contributed by atoms with Gasteiger partial charge in [0.25, 0.3) is 0 Å². The highest BCUT2D eigenvalue weighted by Gasteiger charge is 2.22. The summed E-state index contributed by atoms with van der Waals surface area (Å²) in [5, 5.41) is 5.96. The maximum Gasteiger partial charge on any atom is 0.223 e. The third-order valence-corrected chi connectivity index (χ3v) is 2.76. The van der Waals surface area contributed by atoms with Gasteiger partial charge < -0.3 is 15.5 Å². The van der Waals surface area contributed by atoms with Gasteiger partial charge in [0.1, 0.15) is 0 Å². The zero-order chi connectivity index (χ0) is 12.4. The number of carbonyl (C=O) groups is 1. The number of amides is 1. The van der Waals surface area contributed by atoms with Gasteiger partial charge in [0, 0.05) is 19.0 Å². The van der Waals surface area contributed by atoms with Crippen LogP contribution in [0.5, 0.6) is 0 Å². The molecule has 1 saturated heterocycles. The van der Waals surface area contributed by atoms with E-state index in [4.69, 9.17) is 0 Å². The molecule has 96 valence electrons. The molecule has 1 amide bonds. The van der Waals surface area contributed by atoms with Crippen molar-refractivity contribution in [2.45, 2.75) is 26.7 Å². The number of nitrogens with one attached hydrogen (secondary N) is 2. The Kier molecular flexibility index (Phi) is 9.24. The fourth-order valence-corrected chi connectivity index (χ4v) is 1.73. The van der Waals surface area contributed by atoms with E-state index in [2.05, 4.69) is 22.6 Å². The Morgan fingerprint density at radius 2 is 1.81 bits per heavy atom. The summed E-state index contributed by atoms with van der Waals surface area (Å²) >= 11 is 0. The Morgan fingerprint density at radius 3 is 2.31 bits per heavy atom. The minimum Gasteiger partial charge on any atom is -0.355 e. The smallest absolute Gasteiger partial charge is 0.223 e. The average Bonchev–Trinajstić information content (AvgIpc) is 2.33. The summed E-state index contributed by atoms with van der Waals surface area (Å²) in [7, 11) is 4.00. The summed E-state index contributed by atoms with van der Waals surface area (Å²) in [5.74, 6) is 0.469. The minimum absolute atomic E-state index is 0.230. The summed E-state index contributed by atoms with van der Waals surface area (Å²) < 4.78 is 0. The number of likely N-dealkylation sites (N-methyl/N-ethyl adjacent to an activating group) is 1. The minimum atomic E-state index is 0.230. The molecule has 0 atom stereocenters. The van der Waals surface area contributed by atoms with Crippen LogP contribution < -0.4 is 10.6 Å². The van der Waals surface area contributed by atoms with Gasteiger partial charge in [0.2, 0.25) is 5.91 Å². The monoisotopic (exact) mass is 229 g/mol. The summed E-state index contributed by atoms with van der Waals surface area (Å²) in [5.41, 5.74) is 0. The molecule has 1 fully saturated rings. The first-order chi connectivity index (χ1) is 7.74. The molecule has 16 heavy (non-hydrogen) atoms. The molecule has 0 aromatic carbocycles. The second kappa shape index (κ2) is 9.60. The molecule has 1 rings (SSSR count). The van der Waals surface area contributed by atoms with Crippen LogP contribution in [0.2, 0.25) is 0 Å². The number of likely N-dealkylation sites (tertiary alicyclic amines) is 1. The van der Waals surface area contributed by atoms with Crippen LogP contribution in [0.4, 0.5) is 0 Å². The van der Waals surface area contributed by atoms with Gasteiger partial charge in [0.15, 0.2) is 0 Å². The van der Waals surface area contributed by atoms with E-state index in [0.717, 1.165) is 39.0 Å². The molecule has 0 saturated carbocycles. The number of rotatable bonds is 4. The Bertz CT molecular complexity index is 177. The van der Waals surface area contributed by atoms with Crippen LogP contribution in [0.3, 0.4) is 0 Å². The molecular weight excluding hydrogens is 202 g/mol. The summed E-state index contributed by atoms with van der Waals surface area (Å²) in [4.78, 5) is 13.9. The van der Waals surface area contributed by atoms with E-state index in [-0.39, 0.29) is 11.8 Å². The molecule has 0 aromatic heterocycles. The van der Waals surface area contributed by atoms with Gasteiger partial charge in [-0.3, -0.25) is 4.79 Å². The average molecular weight is 229 g/mol. The van der Waals surface area contributed by atoms with Crippen LogP contribution in [0.15, 0.2) is 0 Å². The molecule has 1 heterocycles. The lowest BCUT2D eigenvalue weighted by Gasteiger charge is -2.28. The molecule has 1 aliphatic heterocycles. The highest BCUT2D eigenvalue weighted by atomic mass is 16.1. The lowest BCUT2D eigenvalue weighted by molar-refractivity contribution is -0.126. The third kappa shape index (κ3) is 6.08. The van der Waals surface area contributed by atoms with Gasteiger partial charge in [-0.1, -0.05) is 13.8 Å². The first kappa shape index (κ1) is 15.4. The Morgan fingerprint density at radius 1 is 1.25 bits per heavy atom. The lowest BCUT2D eigenvalue weighted by atomic mass is 9.96. The second-order valence-corrected chi connectivity index (χ2v) is 3.97. The number of piperidine rings is 1. The second-order valence-electron chi connectivity index (χ2n) is 3.97. The van der Waals surface area contributed by atoms with E-state index in [0.29, 0.717) is 0 Å². The van der Waals surface area contributed by atoms with Crippen molar-refractivity contribution in [3.05, 3.63) is 0 Å². The number of carbonyl (C=O) groups excluding carboxylic acids is 1. The van der Waals surface area contributed by atoms with E-state index in [9.17, 15) is 4.79 Å². The maximum absolute atomic E-state index is 11.6. The molecule has 1 aliphatic rings. The molecule has 4 nitrogen and oxygen atoms in total. The Hall–Kier alpha value is -0.610. The fraction of sp³-hybridized carbons (Fsp3) is 0.917. The van der Waals surface area contributed by atoms with E-state index in [1.165, 1.54) is 0 Å². The van der Waals surface area contributed by atoms with E-state index < -0.39 is 0 Å². The van der Waals surface area contributed by atoms with Crippen LogP contribution >= 0.6 is 0 Å². The highest BCUT2D eigenvalue weighted by molar-refractivity contribution is 5.78. The van der Waals surface area contributed by atoms with E-state index in [1.807, 2.05) is 20.9 Å². The van der Waals surface area contributed by atoms with Crippen molar-refractivity contribution in [3.63, 3.8) is 0 Å². The summed E-state index contributed by atoms with van der Waals surface area (Å²) in [6, 6.07) is 0. The molecule has 0 spiro atoms. The molecule has 0 unspecified atom stereocenters. The molecular formula is C12H27N3O. The predicted molar refractivity (Wildman–Crippen MR) is 68.5 cm³/mol. The fourth-order valence-electron chi connectivity index (χ4n) is 1.73. The number of hydrogen-bond acceptors (Lipinski definition) is 3. The molecule has 2 N–H and O–H groups in total. The SMILES string of the molecule is CC.CNCCNC(=O)C1CCN(C)CC1. The predicted octanol–water partition coefficient (Wildman–Crippen LogP) is 0.690. The van der Waals surface area contributed by atoms with Gasteiger partial charge in [-0.05, 0) is 40.0 Å². The molecule has 0 radical (unpaired) electrons. The quantitative estimate of drug-likeness (QED) is 0.697. The first-order valence-electron chi connectivity index (χ1n) is 6.35. The lowest BCUT2D eigenvalue weighted by Crippen LogP contribution is -2.40. The van der Waals surface area contributed by atoms with Gasteiger partial charge in [-0.25, -0.2) is 0 Å². The Balaban J connectivity index is 0.00000106. The zero-order valence-corrected chi connectivity index (χ0v) is 11.2. The summed E-state index contributed by atoms with van der Waals surface area (Å²) in [6.45, 7) is 7.67. The van der Waals surface area contributed by atoms with Crippen molar-refractivity contribution >= 4 is 5.91 Å². The van der Waals surface area contributed by atoms with Gasteiger partial charge in [0.05, 0.1) is 0 Å². The topological polar surface area (TPSA) is 44.4 Å². The Labute approximate surface area is 99.8 Å². The standard InChI is InChI=1S/C10H21N3O.C2H6/c1-11-5-6-12-10(14)9-3-7-13(2)8-4-9;1-2/h9,11H,3-8H2,1-2H3,(H,12,14);1-2H3.